The van der Waals surface area contributed by atoms with Crippen LogP contribution in [0.5, 0.6) is 0 Å². The second-order valence-electron chi connectivity index (χ2n) is 5.22. The van der Waals surface area contributed by atoms with Crippen LogP contribution in [-0.2, 0) is 11.3 Å². The van der Waals surface area contributed by atoms with Crippen LogP contribution in [0.3, 0.4) is 0 Å². The molecule has 0 amide bonds. The van der Waals surface area contributed by atoms with Crippen LogP contribution in [0.4, 0.5) is 0 Å². The van der Waals surface area contributed by atoms with E-state index >= 15 is 0 Å². The zero-order chi connectivity index (χ0) is 16.3. The number of rotatable bonds is 9. The molecule has 7 heteroatoms. The molecule has 0 saturated carbocycles. The Hall–Kier alpha value is -2.15. The van der Waals surface area contributed by atoms with Crippen molar-refractivity contribution in [1.82, 2.24) is 25.2 Å². The summed E-state index contributed by atoms with van der Waals surface area (Å²) in [4.78, 5) is 4.59. The Kier molecular flexibility index (Phi) is 7.32. The van der Waals surface area contributed by atoms with Gasteiger partial charge in [0.1, 0.15) is 6.54 Å². The first-order chi connectivity index (χ1) is 11.3. The fraction of sp³-hybridized carbons (Fsp3) is 0.562. The van der Waals surface area contributed by atoms with Gasteiger partial charge in [-0.15, -0.1) is 10.2 Å². The van der Waals surface area contributed by atoms with E-state index in [9.17, 15) is 0 Å². The predicted octanol–water partition coefficient (Wildman–Crippen LogP) is 1.60. The summed E-state index contributed by atoms with van der Waals surface area (Å²) in [5.74, 6) is 1.64. The molecular formula is C16H26N6O. The molecule has 0 fully saturated rings. The maximum Gasteiger partial charge on any atom is 0.191 e. The number of pyridine rings is 1. The van der Waals surface area contributed by atoms with Gasteiger partial charge in [0, 0.05) is 33.0 Å². The van der Waals surface area contributed by atoms with Gasteiger partial charge in [-0.3, -0.25) is 4.40 Å². The molecule has 2 rings (SSSR count). The van der Waals surface area contributed by atoms with E-state index in [1.807, 2.05) is 28.8 Å². The van der Waals surface area contributed by atoms with Crippen molar-refractivity contribution in [2.45, 2.75) is 32.7 Å². The zero-order valence-electron chi connectivity index (χ0n) is 14.0. The summed E-state index contributed by atoms with van der Waals surface area (Å²) in [6, 6.07) is 5.85. The normalized spacial score (nSPS) is 11.8. The van der Waals surface area contributed by atoms with Gasteiger partial charge in [-0.1, -0.05) is 6.07 Å². The third kappa shape index (κ3) is 5.52. The molecule has 2 aromatic rings. The smallest absolute Gasteiger partial charge is 0.191 e. The number of nitrogens with zero attached hydrogens (tertiary/aromatic N) is 4. The number of aliphatic imine (C=N–C) groups is 1. The van der Waals surface area contributed by atoms with Gasteiger partial charge in [0.05, 0.1) is 0 Å². The van der Waals surface area contributed by atoms with E-state index in [-0.39, 0.29) is 0 Å². The molecule has 0 unspecified atom stereocenters. The van der Waals surface area contributed by atoms with E-state index in [1.54, 1.807) is 7.11 Å². The molecule has 126 valence electrons. The van der Waals surface area contributed by atoms with Crippen LogP contribution in [0.15, 0.2) is 29.4 Å². The molecule has 2 N–H and O–H groups in total. The van der Waals surface area contributed by atoms with Crippen LogP contribution in [0, 0.1) is 0 Å². The van der Waals surface area contributed by atoms with Crippen molar-refractivity contribution in [3.63, 3.8) is 0 Å². The fourth-order valence-electron chi connectivity index (χ4n) is 2.25. The molecule has 23 heavy (non-hydrogen) atoms. The third-order valence-corrected chi connectivity index (χ3v) is 3.42. The number of hydrogen-bond acceptors (Lipinski definition) is 4. The van der Waals surface area contributed by atoms with Crippen LogP contribution in [0.2, 0.25) is 0 Å². The molecule has 7 nitrogen and oxygen atoms in total. The second-order valence-corrected chi connectivity index (χ2v) is 5.22. The summed E-state index contributed by atoms with van der Waals surface area (Å²) in [5.41, 5.74) is 0.841. The van der Waals surface area contributed by atoms with E-state index in [0.29, 0.717) is 6.54 Å². The highest BCUT2D eigenvalue weighted by molar-refractivity contribution is 5.79. The number of guanidine groups is 1. The van der Waals surface area contributed by atoms with Crippen molar-refractivity contribution in [3.05, 3.63) is 30.2 Å². The highest BCUT2D eigenvalue weighted by atomic mass is 16.5. The van der Waals surface area contributed by atoms with Gasteiger partial charge in [-0.25, -0.2) is 4.99 Å². The van der Waals surface area contributed by atoms with E-state index < -0.39 is 0 Å². The van der Waals surface area contributed by atoms with Crippen LogP contribution in [0.25, 0.3) is 5.65 Å². The van der Waals surface area contributed by atoms with Crippen molar-refractivity contribution in [2.24, 2.45) is 4.99 Å². The third-order valence-electron chi connectivity index (χ3n) is 3.42. The summed E-state index contributed by atoms with van der Waals surface area (Å²) < 4.78 is 7.01. The summed E-state index contributed by atoms with van der Waals surface area (Å²) >= 11 is 0. The average Bonchev–Trinajstić information content (AvgIpc) is 2.99. The van der Waals surface area contributed by atoms with Gasteiger partial charge < -0.3 is 15.4 Å². The highest BCUT2D eigenvalue weighted by Crippen LogP contribution is 2.03. The average molecular weight is 318 g/mol. The van der Waals surface area contributed by atoms with Gasteiger partial charge in [-0.05, 0) is 38.3 Å². The maximum absolute atomic E-state index is 5.05. The zero-order valence-corrected chi connectivity index (χ0v) is 14.0. The number of aromatic nitrogens is 3. The molecule has 0 aliphatic rings. The Morgan fingerprint density at radius 1 is 1.22 bits per heavy atom. The number of ether oxygens (including phenoxy) is 1. The largest absolute Gasteiger partial charge is 0.385 e. The maximum atomic E-state index is 5.05. The lowest BCUT2D eigenvalue weighted by molar-refractivity contribution is 0.192. The lowest BCUT2D eigenvalue weighted by atomic mass is 10.2. The molecule has 0 atom stereocenters. The van der Waals surface area contributed by atoms with Crippen molar-refractivity contribution in [1.29, 1.82) is 0 Å². The van der Waals surface area contributed by atoms with Crippen LogP contribution in [0.1, 0.15) is 32.0 Å². The quantitative estimate of drug-likeness (QED) is 0.417. The number of hydrogen-bond donors (Lipinski definition) is 2. The van der Waals surface area contributed by atoms with Gasteiger partial charge in [0.2, 0.25) is 0 Å². The van der Waals surface area contributed by atoms with E-state index in [4.69, 9.17) is 4.74 Å². The summed E-state index contributed by atoms with van der Waals surface area (Å²) in [6.45, 7) is 5.10. The van der Waals surface area contributed by atoms with E-state index in [1.165, 1.54) is 0 Å². The fourth-order valence-corrected chi connectivity index (χ4v) is 2.25. The Balaban J connectivity index is 1.85. The second kappa shape index (κ2) is 9.78. The molecule has 0 spiro atoms. The monoisotopic (exact) mass is 318 g/mol. The molecule has 0 bridgehead atoms. The van der Waals surface area contributed by atoms with Crippen LogP contribution >= 0.6 is 0 Å². The SMILES string of the molecule is CCNC(=NCc1nnc2ccccn12)NCCCCCOC. The van der Waals surface area contributed by atoms with Crippen molar-refractivity contribution < 1.29 is 4.74 Å². The van der Waals surface area contributed by atoms with E-state index in [2.05, 4.69) is 32.7 Å². The Morgan fingerprint density at radius 3 is 2.96 bits per heavy atom. The number of nitrogens with one attached hydrogen (secondary N) is 2. The van der Waals surface area contributed by atoms with Crippen LogP contribution in [-0.4, -0.2) is 47.4 Å². The topological polar surface area (TPSA) is 75.8 Å². The Bertz CT molecular complexity index is 609. The molecule has 0 aromatic carbocycles. The number of fused-ring (bicyclic) bond motifs is 1. The first kappa shape index (κ1) is 17.2. The van der Waals surface area contributed by atoms with Crippen molar-refractivity contribution in [3.8, 4) is 0 Å². The predicted molar refractivity (Wildman–Crippen MR) is 91.5 cm³/mol. The van der Waals surface area contributed by atoms with Crippen LogP contribution < -0.4 is 10.6 Å². The number of methoxy groups -OCH3 is 1. The molecule has 0 saturated heterocycles. The number of unbranched alkanes of at least 4 members (excludes halogenated alkanes) is 2. The van der Waals surface area contributed by atoms with Gasteiger partial charge in [0.15, 0.2) is 17.4 Å². The summed E-state index contributed by atoms with van der Waals surface area (Å²) in [5, 5.41) is 14.9. The van der Waals surface area contributed by atoms with Crippen molar-refractivity contribution >= 4 is 11.6 Å². The molecule has 2 aromatic heterocycles. The van der Waals surface area contributed by atoms with Gasteiger partial charge >= 0.3 is 0 Å². The summed E-state index contributed by atoms with van der Waals surface area (Å²) in [6.07, 6.45) is 5.30. The van der Waals surface area contributed by atoms with Gasteiger partial charge in [-0.2, -0.15) is 0 Å². The summed E-state index contributed by atoms with van der Waals surface area (Å²) in [7, 11) is 1.74. The van der Waals surface area contributed by atoms with E-state index in [0.717, 1.165) is 56.4 Å². The first-order valence-corrected chi connectivity index (χ1v) is 8.15. The minimum absolute atomic E-state index is 0.490. The minimum Gasteiger partial charge on any atom is -0.385 e. The minimum atomic E-state index is 0.490. The Morgan fingerprint density at radius 2 is 2.13 bits per heavy atom. The lowest BCUT2D eigenvalue weighted by Gasteiger charge is -2.10. The molecular weight excluding hydrogens is 292 g/mol. The Labute approximate surface area is 137 Å². The first-order valence-electron chi connectivity index (χ1n) is 8.15. The standard InChI is InChI=1S/C16H26N6O/c1-3-17-16(18-10-6-4-8-12-23-2)19-13-15-21-20-14-9-5-7-11-22(14)15/h5,7,9,11H,3-4,6,8,10,12-13H2,1-2H3,(H2,17,18,19). The van der Waals surface area contributed by atoms with Crippen molar-refractivity contribution in [2.75, 3.05) is 26.8 Å². The molecule has 0 aliphatic carbocycles. The molecule has 2 heterocycles. The molecule has 0 radical (unpaired) electrons. The molecule has 0 aliphatic heterocycles. The van der Waals surface area contributed by atoms with Gasteiger partial charge in [0.25, 0.3) is 0 Å². The highest BCUT2D eigenvalue weighted by Gasteiger charge is 2.04. The lowest BCUT2D eigenvalue weighted by Crippen LogP contribution is -2.37.